The molecule has 0 aliphatic rings. The van der Waals surface area contributed by atoms with Gasteiger partial charge in [-0.15, -0.1) is 0 Å². The Labute approximate surface area is 119 Å². The highest BCUT2D eigenvalue weighted by Crippen LogP contribution is 2.33. The van der Waals surface area contributed by atoms with Crippen LogP contribution in [0, 0.1) is 5.82 Å². The maximum atomic E-state index is 13.2. The first kappa shape index (κ1) is 15.2. The summed E-state index contributed by atoms with van der Waals surface area (Å²) < 4.78 is 51.1. The molecule has 21 heavy (non-hydrogen) atoms. The number of alkyl halides is 3. The fourth-order valence-electron chi connectivity index (χ4n) is 1.93. The third-order valence-electron chi connectivity index (χ3n) is 3.05. The van der Waals surface area contributed by atoms with Crippen LogP contribution in [0.2, 0.25) is 0 Å². The SMILES string of the molecule is CC(Nc1ccc(F)c(C(F)(F)F)c1)c1ccc(O)cc1. The van der Waals surface area contributed by atoms with Crippen LogP contribution in [0.1, 0.15) is 24.1 Å². The Hall–Kier alpha value is -2.24. The smallest absolute Gasteiger partial charge is 0.419 e. The van der Waals surface area contributed by atoms with E-state index in [1.807, 2.05) is 0 Å². The van der Waals surface area contributed by atoms with Crippen molar-refractivity contribution in [1.82, 2.24) is 0 Å². The van der Waals surface area contributed by atoms with Crippen molar-refractivity contribution in [2.75, 3.05) is 5.32 Å². The van der Waals surface area contributed by atoms with Crippen molar-refractivity contribution in [3.63, 3.8) is 0 Å². The summed E-state index contributed by atoms with van der Waals surface area (Å²) >= 11 is 0. The Kier molecular flexibility index (Phi) is 4.06. The molecular formula is C15H13F4NO. The zero-order valence-electron chi connectivity index (χ0n) is 11.1. The van der Waals surface area contributed by atoms with E-state index in [0.29, 0.717) is 0 Å². The Morgan fingerprint density at radius 3 is 2.24 bits per heavy atom. The van der Waals surface area contributed by atoms with Crippen LogP contribution in [0.4, 0.5) is 23.2 Å². The summed E-state index contributed by atoms with van der Waals surface area (Å²) in [4.78, 5) is 0. The van der Waals surface area contributed by atoms with E-state index in [4.69, 9.17) is 0 Å². The number of nitrogens with one attached hydrogen (secondary N) is 1. The van der Waals surface area contributed by atoms with Crippen LogP contribution in [0.15, 0.2) is 42.5 Å². The summed E-state index contributed by atoms with van der Waals surface area (Å²) in [6.45, 7) is 1.75. The minimum Gasteiger partial charge on any atom is -0.508 e. The van der Waals surface area contributed by atoms with Crippen LogP contribution in [0.25, 0.3) is 0 Å². The normalized spacial score (nSPS) is 13.0. The van der Waals surface area contributed by atoms with E-state index in [9.17, 15) is 22.7 Å². The summed E-state index contributed by atoms with van der Waals surface area (Å²) in [7, 11) is 0. The Bertz CT molecular complexity index is 623. The first-order valence-electron chi connectivity index (χ1n) is 6.19. The van der Waals surface area contributed by atoms with Gasteiger partial charge in [0.25, 0.3) is 0 Å². The predicted molar refractivity (Wildman–Crippen MR) is 71.5 cm³/mol. The topological polar surface area (TPSA) is 32.3 Å². The second-order valence-electron chi connectivity index (χ2n) is 4.65. The average molecular weight is 299 g/mol. The Morgan fingerprint density at radius 2 is 1.67 bits per heavy atom. The summed E-state index contributed by atoms with van der Waals surface area (Å²) in [5.41, 5.74) is -0.347. The minimum atomic E-state index is -4.73. The zero-order valence-corrected chi connectivity index (χ0v) is 11.1. The molecule has 0 aliphatic heterocycles. The van der Waals surface area contributed by atoms with Crippen molar-refractivity contribution in [1.29, 1.82) is 0 Å². The monoisotopic (exact) mass is 299 g/mol. The number of phenols is 1. The Balaban J connectivity index is 2.21. The number of aromatic hydroxyl groups is 1. The van der Waals surface area contributed by atoms with Gasteiger partial charge in [0, 0.05) is 11.7 Å². The van der Waals surface area contributed by atoms with Crippen LogP contribution in [0.3, 0.4) is 0 Å². The molecule has 0 saturated carbocycles. The van der Waals surface area contributed by atoms with Gasteiger partial charge in [0.1, 0.15) is 11.6 Å². The van der Waals surface area contributed by atoms with Gasteiger partial charge < -0.3 is 10.4 Å². The molecule has 0 amide bonds. The molecule has 0 saturated heterocycles. The molecule has 0 aromatic heterocycles. The van der Waals surface area contributed by atoms with Crippen LogP contribution in [-0.4, -0.2) is 5.11 Å². The third-order valence-corrected chi connectivity index (χ3v) is 3.05. The van der Waals surface area contributed by atoms with Gasteiger partial charge in [0.15, 0.2) is 0 Å². The number of halogens is 4. The highest BCUT2D eigenvalue weighted by Gasteiger charge is 2.34. The van der Waals surface area contributed by atoms with Gasteiger partial charge in [-0.1, -0.05) is 12.1 Å². The molecule has 2 aromatic rings. The Morgan fingerprint density at radius 1 is 1.05 bits per heavy atom. The molecule has 0 bridgehead atoms. The number of hydrogen-bond acceptors (Lipinski definition) is 2. The lowest BCUT2D eigenvalue weighted by Crippen LogP contribution is -2.11. The highest BCUT2D eigenvalue weighted by molar-refractivity contribution is 5.49. The molecule has 112 valence electrons. The molecule has 0 heterocycles. The van der Waals surface area contributed by atoms with E-state index in [1.54, 1.807) is 19.1 Å². The van der Waals surface area contributed by atoms with Gasteiger partial charge in [-0.2, -0.15) is 13.2 Å². The first-order valence-corrected chi connectivity index (χ1v) is 6.19. The van der Waals surface area contributed by atoms with E-state index in [-0.39, 0.29) is 17.5 Å². The van der Waals surface area contributed by atoms with E-state index in [2.05, 4.69) is 5.32 Å². The van der Waals surface area contributed by atoms with Crippen LogP contribution in [0.5, 0.6) is 5.75 Å². The molecule has 1 atom stereocenters. The quantitative estimate of drug-likeness (QED) is 0.803. The van der Waals surface area contributed by atoms with E-state index >= 15 is 0 Å². The molecule has 2 rings (SSSR count). The lowest BCUT2D eigenvalue weighted by atomic mass is 10.1. The van der Waals surface area contributed by atoms with Crippen LogP contribution in [-0.2, 0) is 6.18 Å². The second-order valence-corrected chi connectivity index (χ2v) is 4.65. The maximum absolute atomic E-state index is 13.2. The summed E-state index contributed by atoms with van der Waals surface area (Å²) in [6, 6.07) is 8.76. The average Bonchev–Trinajstić information content (AvgIpc) is 2.40. The summed E-state index contributed by atoms with van der Waals surface area (Å²) in [6.07, 6.45) is -4.73. The van der Waals surface area contributed by atoms with Gasteiger partial charge >= 0.3 is 6.18 Å². The van der Waals surface area contributed by atoms with Crippen molar-refractivity contribution < 1.29 is 22.7 Å². The predicted octanol–water partition coefficient (Wildman–Crippen LogP) is 4.72. The van der Waals surface area contributed by atoms with Crippen molar-refractivity contribution in [2.24, 2.45) is 0 Å². The number of phenolic OH excluding ortho intramolecular Hbond substituents is 1. The van der Waals surface area contributed by atoms with E-state index in [0.717, 1.165) is 17.7 Å². The first-order chi connectivity index (χ1) is 9.77. The molecular weight excluding hydrogens is 286 g/mol. The molecule has 0 radical (unpaired) electrons. The van der Waals surface area contributed by atoms with Gasteiger partial charge in [0.2, 0.25) is 0 Å². The van der Waals surface area contributed by atoms with Gasteiger partial charge in [-0.3, -0.25) is 0 Å². The summed E-state index contributed by atoms with van der Waals surface area (Å²) in [5.74, 6) is -1.20. The highest BCUT2D eigenvalue weighted by atomic mass is 19.4. The molecule has 2 nitrogen and oxygen atoms in total. The fraction of sp³-hybridized carbons (Fsp3) is 0.200. The number of anilines is 1. The van der Waals surface area contributed by atoms with Gasteiger partial charge in [0.05, 0.1) is 5.56 Å². The van der Waals surface area contributed by atoms with Crippen LogP contribution >= 0.6 is 0 Å². The number of rotatable bonds is 3. The van der Waals surface area contributed by atoms with Gasteiger partial charge in [-0.25, -0.2) is 4.39 Å². The van der Waals surface area contributed by atoms with Crippen molar-refractivity contribution >= 4 is 5.69 Å². The lowest BCUT2D eigenvalue weighted by Gasteiger charge is -2.17. The summed E-state index contributed by atoms with van der Waals surface area (Å²) in [5, 5.41) is 12.1. The lowest BCUT2D eigenvalue weighted by molar-refractivity contribution is -0.139. The maximum Gasteiger partial charge on any atom is 0.419 e. The number of hydrogen-bond donors (Lipinski definition) is 2. The van der Waals surface area contributed by atoms with Crippen molar-refractivity contribution in [3.8, 4) is 5.75 Å². The third kappa shape index (κ3) is 3.65. The molecule has 0 aliphatic carbocycles. The van der Waals surface area contributed by atoms with Gasteiger partial charge in [-0.05, 0) is 42.8 Å². The standard InChI is InChI=1S/C15H13F4NO/c1-9(10-2-5-12(21)6-3-10)20-11-4-7-14(16)13(8-11)15(17,18)19/h2-9,20-21H,1H3. The van der Waals surface area contributed by atoms with E-state index < -0.39 is 17.6 Å². The molecule has 0 fully saturated rings. The molecule has 1 unspecified atom stereocenters. The second kappa shape index (κ2) is 5.63. The minimum absolute atomic E-state index is 0.104. The van der Waals surface area contributed by atoms with Crippen molar-refractivity contribution in [3.05, 3.63) is 59.4 Å². The molecule has 2 aromatic carbocycles. The molecule has 2 N–H and O–H groups in total. The number of benzene rings is 2. The fourth-order valence-corrected chi connectivity index (χ4v) is 1.93. The largest absolute Gasteiger partial charge is 0.508 e. The zero-order chi connectivity index (χ0) is 15.6. The van der Waals surface area contributed by atoms with Crippen molar-refractivity contribution in [2.45, 2.75) is 19.1 Å². The molecule has 6 heteroatoms. The van der Waals surface area contributed by atoms with E-state index in [1.165, 1.54) is 18.2 Å². The molecule has 0 spiro atoms. The van der Waals surface area contributed by atoms with Crippen LogP contribution < -0.4 is 5.32 Å².